The number of rotatable bonds is 4. The zero-order valence-electron chi connectivity index (χ0n) is 7.60. The van der Waals surface area contributed by atoms with Crippen LogP contribution in [0, 0.1) is 5.41 Å². The molecule has 1 saturated carbocycles. The summed E-state index contributed by atoms with van der Waals surface area (Å²) in [5, 5.41) is 0. The van der Waals surface area contributed by atoms with Crippen LogP contribution in [0.4, 0.5) is 13.2 Å². The van der Waals surface area contributed by atoms with Gasteiger partial charge in [0.1, 0.15) is 0 Å². The van der Waals surface area contributed by atoms with Gasteiger partial charge in [-0.25, -0.2) is 0 Å². The maximum atomic E-state index is 12.3. The Hall–Kier alpha value is -0.300. The standard InChI is InChI=1S/C7H11F3O3S/c1-14(11,12)13-5-4-6(2-3-6)7(8,9)10/h2-5H2,1H3. The molecular weight excluding hydrogens is 221 g/mol. The van der Waals surface area contributed by atoms with E-state index in [9.17, 15) is 21.6 Å². The van der Waals surface area contributed by atoms with Gasteiger partial charge in [-0.1, -0.05) is 0 Å². The van der Waals surface area contributed by atoms with Gasteiger partial charge < -0.3 is 0 Å². The van der Waals surface area contributed by atoms with E-state index in [4.69, 9.17) is 0 Å². The minimum Gasteiger partial charge on any atom is -0.270 e. The first-order chi connectivity index (χ1) is 6.16. The summed E-state index contributed by atoms with van der Waals surface area (Å²) in [6, 6.07) is 0. The van der Waals surface area contributed by atoms with Gasteiger partial charge in [0.2, 0.25) is 0 Å². The van der Waals surface area contributed by atoms with Crippen LogP contribution in [0.15, 0.2) is 0 Å². The molecule has 0 atom stereocenters. The molecule has 0 heterocycles. The van der Waals surface area contributed by atoms with Crippen molar-refractivity contribution in [3.8, 4) is 0 Å². The van der Waals surface area contributed by atoms with Gasteiger partial charge >= 0.3 is 6.18 Å². The first kappa shape index (κ1) is 11.8. The van der Waals surface area contributed by atoms with Gasteiger partial charge in [-0.2, -0.15) is 21.6 Å². The van der Waals surface area contributed by atoms with Crippen LogP contribution in [0.1, 0.15) is 19.3 Å². The van der Waals surface area contributed by atoms with Gasteiger partial charge in [0.25, 0.3) is 10.1 Å². The van der Waals surface area contributed by atoms with E-state index in [0.717, 1.165) is 6.26 Å². The molecule has 0 unspecified atom stereocenters. The van der Waals surface area contributed by atoms with E-state index in [1.165, 1.54) is 0 Å². The first-order valence-electron chi connectivity index (χ1n) is 4.07. The summed E-state index contributed by atoms with van der Waals surface area (Å²) in [6.45, 7) is -0.391. The highest BCUT2D eigenvalue weighted by Crippen LogP contribution is 2.59. The van der Waals surface area contributed by atoms with Gasteiger partial charge in [0, 0.05) is 0 Å². The average Bonchev–Trinajstić information content (AvgIpc) is 2.63. The summed E-state index contributed by atoms with van der Waals surface area (Å²) in [4.78, 5) is 0. The van der Waals surface area contributed by atoms with Crippen molar-refractivity contribution in [1.29, 1.82) is 0 Å². The maximum Gasteiger partial charge on any atom is 0.394 e. The average molecular weight is 232 g/mol. The third-order valence-corrected chi connectivity index (χ3v) is 2.93. The molecule has 0 amide bonds. The SMILES string of the molecule is CS(=O)(=O)OCCC1(C(F)(F)F)CC1. The van der Waals surface area contributed by atoms with Crippen molar-refractivity contribution in [2.45, 2.75) is 25.4 Å². The Bertz CT molecular complexity index is 303. The molecule has 0 bridgehead atoms. The van der Waals surface area contributed by atoms with Gasteiger partial charge in [-0.3, -0.25) is 4.18 Å². The maximum absolute atomic E-state index is 12.3. The fourth-order valence-electron chi connectivity index (χ4n) is 1.21. The van der Waals surface area contributed by atoms with E-state index in [-0.39, 0.29) is 19.3 Å². The van der Waals surface area contributed by atoms with Crippen LogP contribution in [0.25, 0.3) is 0 Å². The van der Waals surface area contributed by atoms with E-state index < -0.39 is 28.3 Å². The van der Waals surface area contributed by atoms with Crippen LogP contribution >= 0.6 is 0 Å². The van der Waals surface area contributed by atoms with Gasteiger partial charge in [0.05, 0.1) is 18.3 Å². The Labute approximate surface area is 80.4 Å². The quantitative estimate of drug-likeness (QED) is 0.693. The Morgan fingerprint density at radius 3 is 2.14 bits per heavy atom. The van der Waals surface area contributed by atoms with Gasteiger partial charge in [-0.05, 0) is 19.3 Å². The highest BCUT2D eigenvalue weighted by atomic mass is 32.2. The van der Waals surface area contributed by atoms with Crippen LogP contribution in [0.3, 0.4) is 0 Å². The molecule has 0 aromatic carbocycles. The predicted octanol–water partition coefficient (Wildman–Crippen LogP) is 1.70. The molecule has 14 heavy (non-hydrogen) atoms. The summed E-state index contributed by atoms with van der Waals surface area (Å²) < 4.78 is 62.2. The molecule has 1 aliphatic carbocycles. The fourth-order valence-corrected chi connectivity index (χ4v) is 1.60. The van der Waals surface area contributed by atoms with Crippen molar-refractivity contribution in [3.05, 3.63) is 0 Å². The number of hydrogen-bond acceptors (Lipinski definition) is 3. The van der Waals surface area contributed by atoms with E-state index in [0.29, 0.717) is 0 Å². The van der Waals surface area contributed by atoms with Crippen molar-refractivity contribution in [1.82, 2.24) is 0 Å². The van der Waals surface area contributed by atoms with Crippen LogP contribution in [-0.4, -0.2) is 27.5 Å². The fraction of sp³-hybridized carbons (Fsp3) is 1.00. The van der Waals surface area contributed by atoms with Crippen molar-refractivity contribution in [3.63, 3.8) is 0 Å². The number of hydrogen-bond donors (Lipinski definition) is 0. The topological polar surface area (TPSA) is 43.4 Å². The number of alkyl halides is 3. The lowest BCUT2D eigenvalue weighted by atomic mass is 10.0. The Kier molecular flexibility index (Phi) is 2.84. The third-order valence-electron chi connectivity index (χ3n) is 2.33. The zero-order chi connectivity index (χ0) is 11.0. The molecule has 0 aromatic heterocycles. The summed E-state index contributed by atoms with van der Waals surface area (Å²) in [5.41, 5.74) is -1.68. The van der Waals surface area contributed by atoms with Crippen LogP contribution in [0.2, 0.25) is 0 Å². The molecule has 7 heteroatoms. The Morgan fingerprint density at radius 2 is 1.86 bits per heavy atom. The second-order valence-corrected chi connectivity index (χ2v) is 5.20. The van der Waals surface area contributed by atoms with E-state index in [1.807, 2.05) is 0 Å². The molecule has 1 fully saturated rings. The third kappa shape index (κ3) is 2.84. The minimum absolute atomic E-state index is 0.0730. The van der Waals surface area contributed by atoms with E-state index >= 15 is 0 Å². The second kappa shape index (κ2) is 3.37. The monoisotopic (exact) mass is 232 g/mol. The molecule has 1 aliphatic rings. The van der Waals surface area contributed by atoms with Gasteiger partial charge in [-0.15, -0.1) is 0 Å². The summed E-state index contributed by atoms with van der Waals surface area (Å²) >= 11 is 0. The zero-order valence-corrected chi connectivity index (χ0v) is 8.41. The first-order valence-corrected chi connectivity index (χ1v) is 5.89. The molecule has 84 valence electrons. The normalized spacial score (nSPS) is 20.9. The summed E-state index contributed by atoms with van der Waals surface area (Å²) in [6.07, 6.45) is -3.55. The lowest BCUT2D eigenvalue weighted by molar-refractivity contribution is -0.190. The smallest absolute Gasteiger partial charge is 0.270 e. The minimum atomic E-state index is -4.24. The largest absolute Gasteiger partial charge is 0.394 e. The highest BCUT2D eigenvalue weighted by Gasteiger charge is 2.62. The number of halogens is 3. The molecule has 0 N–H and O–H groups in total. The molecule has 0 radical (unpaired) electrons. The summed E-state index contributed by atoms with van der Waals surface area (Å²) in [5.74, 6) is 0. The molecule has 1 rings (SSSR count). The Balaban J connectivity index is 2.40. The van der Waals surface area contributed by atoms with Crippen molar-refractivity contribution in [2.75, 3.05) is 12.9 Å². The molecule has 0 spiro atoms. The van der Waals surface area contributed by atoms with Crippen molar-refractivity contribution < 1.29 is 25.8 Å². The van der Waals surface area contributed by atoms with Crippen LogP contribution in [-0.2, 0) is 14.3 Å². The van der Waals surface area contributed by atoms with E-state index in [1.54, 1.807) is 0 Å². The lowest BCUT2D eigenvalue weighted by Crippen LogP contribution is -2.26. The summed E-state index contributed by atoms with van der Waals surface area (Å²) in [7, 11) is -3.63. The molecular formula is C7H11F3O3S. The van der Waals surface area contributed by atoms with Crippen molar-refractivity contribution in [2.24, 2.45) is 5.41 Å². The highest BCUT2D eigenvalue weighted by molar-refractivity contribution is 7.85. The molecule has 0 aliphatic heterocycles. The van der Waals surface area contributed by atoms with E-state index in [2.05, 4.69) is 4.18 Å². The van der Waals surface area contributed by atoms with Gasteiger partial charge in [0.15, 0.2) is 0 Å². The molecule has 3 nitrogen and oxygen atoms in total. The molecule has 0 aromatic rings. The predicted molar refractivity (Wildman–Crippen MR) is 43.1 cm³/mol. The second-order valence-electron chi connectivity index (χ2n) is 3.55. The van der Waals surface area contributed by atoms with Crippen molar-refractivity contribution >= 4 is 10.1 Å². The van der Waals surface area contributed by atoms with Crippen LogP contribution in [0.5, 0.6) is 0 Å². The van der Waals surface area contributed by atoms with Crippen LogP contribution < -0.4 is 0 Å². The Morgan fingerprint density at radius 1 is 1.36 bits per heavy atom. The lowest BCUT2D eigenvalue weighted by Gasteiger charge is -2.18. The molecule has 0 saturated heterocycles.